The third kappa shape index (κ3) is 8.40. The number of ether oxygens (including phenoxy) is 2. The molecule has 0 aromatic heterocycles. The van der Waals surface area contributed by atoms with Crippen molar-refractivity contribution in [3.63, 3.8) is 0 Å². The van der Waals surface area contributed by atoms with Crippen LogP contribution in [0.25, 0.3) is 0 Å². The number of hydrogen-bond donors (Lipinski definition) is 2. The van der Waals surface area contributed by atoms with Gasteiger partial charge in [-0.1, -0.05) is 0 Å². The molecule has 2 N–H and O–H groups in total. The monoisotopic (exact) mass is 372 g/mol. The van der Waals surface area contributed by atoms with Gasteiger partial charge in [0.1, 0.15) is 11.2 Å². The number of likely N-dealkylation sites (tertiary alicyclic amines) is 1. The van der Waals surface area contributed by atoms with Gasteiger partial charge in [-0.3, -0.25) is 4.79 Å². The zero-order chi connectivity index (χ0) is 20.1. The predicted octanol–water partition coefficient (Wildman–Crippen LogP) is 2.86. The van der Waals surface area contributed by atoms with E-state index in [4.69, 9.17) is 9.47 Å². The molecule has 150 valence electrons. The van der Waals surface area contributed by atoms with Gasteiger partial charge < -0.3 is 24.8 Å². The normalized spacial score (nSPS) is 21.1. The lowest BCUT2D eigenvalue weighted by atomic mass is 9.83. The standard InChI is InChI=1S/C18H32N2O6/c1-17(2,3)25-15(23)19-10-12-7-8-20(11-13(12)9-14(21)22)16(24)26-18(4,5)6/h12-13H,7-11H2,1-6H3,(H,19,23)(H,21,22)/t12-,13-/m0/s1. The summed E-state index contributed by atoms with van der Waals surface area (Å²) in [7, 11) is 0. The molecule has 1 aliphatic rings. The zero-order valence-electron chi connectivity index (χ0n) is 16.6. The van der Waals surface area contributed by atoms with E-state index >= 15 is 0 Å². The van der Waals surface area contributed by atoms with Crippen LogP contribution in [0.15, 0.2) is 0 Å². The first kappa shape index (κ1) is 22.1. The molecular weight excluding hydrogens is 340 g/mol. The van der Waals surface area contributed by atoms with Gasteiger partial charge in [0.15, 0.2) is 0 Å². The molecule has 1 saturated heterocycles. The molecule has 0 aromatic carbocycles. The van der Waals surface area contributed by atoms with E-state index in [1.165, 1.54) is 0 Å². The Bertz CT molecular complexity index is 521. The van der Waals surface area contributed by atoms with Crippen molar-refractivity contribution >= 4 is 18.2 Å². The minimum Gasteiger partial charge on any atom is -0.481 e. The number of hydrogen-bond acceptors (Lipinski definition) is 5. The lowest BCUT2D eigenvalue weighted by Gasteiger charge is -2.38. The van der Waals surface area contributed by atoms with E-state index in [-0.39, 0.29) is 18.3 Å². The number of carboxylic acids is 1. The van der Waals surface area contributed by atoms with Gasteiger partial charge in [0, 0.05) is 19.6 Å². The number of carbonyl (C=O) groups excluding carboxylic acids is 2. The molecule has 26 heavy (non-hydrogen) atoms. The number of nitrogens with one attached hydrogen (secondary N) is 1. The van der Waals surface area contributed by atoms with E-state index in [0.29, 0.717) is 26.1 Å². The smallest absolute Gasteiger partial charge is 0.410 e. The molecule has 0 spiro atoms. The number of piperidine rings is 1. The summed E-state index contributed by atoms with van der Waals surface area (Å²) in [6.45, 7) is 11.8. The van der Waals surface area contributed by atoms with Gasteiger partial charge in [-0.25, -0.2) is 9.59 Å². The Morgan fingerprint density at radius 3 is 2.12 bits per heavy atom. The van der Waals surface area contributed by atoms with E-state index in [1.54, 1.807) is 46.4 Å². The van der Waals surface area contributed by atoms with Gasteiger partial charge >= 0.3 is 18.2 Å². The maximum Gasteiger partial charge on any atom is 0.410 e. The SMILES string of the molecule is CC(C)(C)OC(=O)NC[C@@H]1CCN(C(=O)OC(C)(C)C)C[C@@H]1CC(=O)O. The average molecular weight is 372 g/mol. The Morgan fingerprint density at radius 1 is 1.04 bits per heavy atom. The Labute approximate surface area is 155 Å². The minimum atomic E-state index is -0.927. The van der Waals surface area contributed by atoms with Crippen LogP contribution in [0.1, 0.15) is 54.4 Å². The predicted molar refractivity (Wildman–Crippen MR) is 95.9 cm³/mol. The summed E-state index contributed by atoms with van der Waals surface area (Å²) in [4.78, 5) is 36.8. The fraction of sp³-hybridized carbons (Fsp3) is 0.833. The molecule has 0 radical (unpaired) electrons. The number of alkyl carbamates (subject to hydrolysis) is 1. The number of amides is 2. The molecule has 0 saturated carbocycles. The summed E-state index contributed by atoms with van der Waals surface area (Å²) >= 11 is 0. The lowest BCUT2D eigenvalue weighted by Crippen LogP contribution is -2.49. The molecule has 1 heterocycles. The Balaban J connectivity index is 2.66. The summed E-state index contributed by atoms with van der Waals surface area (Å²) in [5.41, 5.74) is -1.20. The first-order chi connectivity index (χ1) is 11.8. The van der Waals surface area contributed by atoms with Crippen LogP contribution in [0.3, 0.4) is 0 Å². The molecular formula is C18H32N2O6. The van der Waals surface area contributed by atoms with Crippen LogP contribution >= 0.6 is 0 Å². The summed E-state index contributed by atoms with van der Waals surface area (Å²) in [6, 6.07) is 0. The maximum absolute atomic E-state index is 12.2. The third-order valence-electron chi connectivity index (χ3n) is 3.89. The highest BCUT2D eigenvalue weighted by Crippen LogP contribution is 2.27. The molecule has 8 nitrogen and oxygen atoms in total. The van der Waals surface area contributed by atoms with E-state index in [9.17, 15) is 19.5 Å². The third-order valence-corrected chi connectivity index (χ3v) is 3.89. The van der Waals surface area contributed by atoms with Crippen LogP contribution in [-0.4, -0.2) is 59.0 Å². The van der Waals surface area contributed by atoms with E-state index in [2.05, 4.69) is 5.32 Å². The van der Waals surface area contributed by atoms with Gasteiger partial charge in [0.25, 0.3) is 0 Å². The summed E-state index contributed by atoms with van der Waals surface area (Å²) < 4.78 is 10.6. The first-order valence-corrected chi connectivity index (χ1v) is 8.93. The number of aliphatic carboxylic acids is 1. The van der Waals surface area contributed by atoms with Crippen LogP contribution in [-0.2, 0) is 14.3 Å². The number of carboxylic acid groups (broad SMARTS) is 1. The second kappa shape index (κ2) is 8.60. The minimum absolute atomic E-state index is 0.0442. The van der Waals surface area contributed by atoms with Crippen molar-refractivity contribution in [1.29, 1.82) is 0 Å². The molecule has 1 fully saturated rings. The van der Waals surface area contributed by atoms with Crippen molar-refractivity contribution < 1.29 is 29.0 Å². The van der Waals surface area contributed by atoms with Gasteiger partial charge in [-0.2, -0.15) is 0 Å². The number of carbonyl (C=O) groups is 3. The highest BCUT2D eigenvalue weighted by Gasteiger charge is 2.35. The van der Waals surface area contributed by atoms with E-state index in [0.717, 1.165) is 0 Å². The highest BCUT2D eigenvalue weighted by molar-refractivity contribution is 5.70. The largest absolute Gasteiger partial charge is 0.481 e. The fourth-order valence-corrected chi connectivity index (χ4v) is 2.83. The summed E-state index contributed by atoms with van der Waals surface area (Å²) in [5.74, 6) is -1.23. The van der Waals surface area contributed by atoms with Crippen molar-refractivity contribution in [1.82, 2.24) is 10.2 Å². The molecule has 0 aromatic rings. The molecule has 1 rings (SSSR count). The molecule has 2 atom stereocenters. The fourth-order valence-electron chi connectivity index (χ4n) is 2.83. The van der Waals surface area contributed by atoms with Gasteiger partial charge in [-0.15, -0.1) is 0 Å². The highest BCUT2D eigenvalue weighted by atomic mass is 16.6. The van der Waals surface area contributed by atoms with Gasteiger partial charge in [0.2, 0.25) is 0 Å². The maximum atomic E-state index is 12.2. The van der Waals surface area contributed by atoms with Crippen molar-refractivity contribution in [3.8, 4) is 0 Å². The summed E-state index contributed by atoms with van der Waals surface area (Å²) in [6.07, 6.45) is -0.444. The zero-order valence-corrected chi connectivity index (χ0v) is 16.6. The van der Waals surface area contributed by atoms with Crippen molar-refractivity contribution in [3.05, 3.63) is 0 Å². The average Bonchev–Trinajstić information content (AvgIpc) is 2.41. The van der Waals surface area contributed by atoms with Crippen LogP contribution in [0.2, 0.25) is 0 Å². The molecule has 0 bridgehead atoms. The molecule has 2 amide bonds. The number of rotatable bonds is 4. The second-order valence-electron chi connectivity index (χ2n) is 8.72. The topological polar surface area (TPSA) is 105 Å². The molecule has 1 aliphatic heterocycles. The second-order valence-corrected chi connectivity index (χ2v) is 8.72. The van der Waals surface area contributed by atoms with Gasteiger partial charge in [-0.05, 0) is 59.8 Å². The van der Waals surface area contributed by atoms with Crippen LogP contribution in [0.5, 0.6) is 0 Å². The Morgan fingerprint density at radius 2 is 1.62 bits per heavy atom. The Kier molecular flexibility index (Phi) is 7.29. The molecule has 0 aliphatic carbocycles. The molecule has 0 unspecified atom stereocenters. The van der Waals surface area contributed by atoms with E-state index < -0.39 is 29.4 Å². The summed E-state index contributed by atoms with van der Waals surface area (Å²) in [5, 5.41) is 11.9. The van der Waals surface area contributed by atoms with E-state index in [1.807, 2.05) is 0 Å². The van der Waals surface area contributed by atoms with Crippen molar-refractivity contribution in [2.24, 2.45) is 11.8 Å². The molecule has 8 heteroatoms. The first-order valence-electron chi connectivity index (χ1n) is 8.93. The van der Waals surface area contributed by atoms with Crippen molar-refractivity contribution in [2.45, 2.75) is 65.6 Å². The van der Waals surface area contributed by atoms with Crippen LogP contribution in [0, 0.1) is 11.8 Å². The van der Waals surface area contributed by atoms with Crippen LogP contribution in [0.4, 0.5) is 9.59 Å². The quantitative estimate of drug-likeness (QED) is 0.786. The Hall–Kier alpha value is -1.99. The van der Waals surface area contributed by atoms with Gasteiger partial charge in [0.05, 0.1) is 6.42 Å². The van der Waals surface area contributed by atoms with Crippen LogP contribution < -0.4 is 5.32 Å². The lowest BCUT2D eigenvalue weighted by molar-refractivity contribution is -0.139. The van der Waals surface area contributed by atoms with Crippen molar-refractivity contribution in [2.75, 3.05) is 19.6 Å². The number of nitrogens with zero attached hydrogens (tertiary/aromatic N) is 1.